The van der Waals surface area contributed by atoms with Gasteiger partial charge < -0.3 is 8.80 Å². The minimum absolute atomic E-state index is 0. The van der Waals surface area contributed by atoms with Crippen LogP contribution in [0, 0.1) is 0 Å². The van der Waals surface area contributed by atoms with Gasteiger partial charge in [-0.05, 0) is 6.42 Å². The van der Waals surface area contributed by atoms with Crippen molar-refractivity contribution in [2.75, 3.05) is 0 Å². The molecule has 0 heterocycles. The van der Waals surface area contributed by atoms with Gasteiger partial charge in [0.15, 0.2) is 0 Å². The molecule has 0 radical (unpaired) electrons. The van der Waals surface area contributed by atoms with Crippen molar-refractivity contribution < 1.29 is 57.5 Å². The Bertz CT molecular complexity index is 366. The van der Waals surface area contributed by atoms with Crippen LogP contribution >= 0.6 is 7.82 Å². The van der Waals surface area contributed by atoms with Gasteiger partial charge in [-0.25, -0.2) is 4.57 Å². The smallest absolute Gasteiger partial charge is 1.00 e. The van der Waals surface area contributed by atoms with Crippen molar-refractivity contribution >= 4 is 36.8 Å². The van der Waals surface area contributed by atoms with E-state index < -0.39 is 13.8 Å². The Morgan fingerprint density at radius 1 is 0.769 bits per heavy atom. The van der Waals surface area contributed by atoms with E-state index in [9.17, 15) is 9.36 Å². The predicted molar refractivity (Wildman–Crippen MR) is 107 cm³/mol. The zero-order chi connectivity index (χ0) is 18.1. The van der Waals surface area contributed by atoms with E-state index in [1.807, 2.05) is 0 Å². The fourth-order valence-electron chi connectivity index (χ4n) is 2.82. The van der Waals surface area contributed by atoms with Gasteiger partial charge in [0.25, 0.3) is 0 Å². The van der Waals surface area contributed by atoms with E-state index in [0.717, 1.165) is 12.8 Å². The quantitative estimate of drug-likeness (QED) is 0.217. The van der Waals surface area contributed by atoms with Gasteiger partial charge in [0, 0.05) is 6.42 Å². The Labute approximate surface area is 202 Å². The number of rotatable bonds is 17. The first-order valence-electron chi connectivity index (χ1n) is 9.73. The van der Waals surface area contributed by atoms with E-state index in [0.29, 0.717) is 6.42 Å². The van der Waals surface area contributed by atoms with Gasteiger partial charge in [-0.1, -0.05) is 96.8 Å². The average molecular weight is 415 g/mol. The van der Waals surface area contributed by atoms with E-state index in [-0.39, 0.29) is 63.3 Å². The van der Waals surface area contributed by atoms with Gasteiger partial charge in [0.1, 0.15) is 0 Å². The third-order valence-electron chi connectivity index (χ3n) is 4.21. The SMILES string of the molecule is CCCCCCCCCCCCCCCCCC(=O)OP(=O)(O)O.[H-].[H-].[H-].[Mg+2].[Na+]. The average Bonchev–Trinajstić information content (AvgIpc) is 2.49. The Morgan fingerprint density at radius 2 is 1.08 bits per heavy atom. The van der Waals surface area contributed by atoms with Crippen LogP contribution in [0.5, 0.6) is 0 Å². The van der Waals surface area contributed by atoms with E-state index in [1.165, 1.54) is 77.0 Å². The first kappa shape index (κ1) is 32.1. The van der Waals surface area contributed by atoms with Crippen molar-refractivity contribution in [2.45, 2.75) is 110 Å². The molecule has 0 amide bonds. The van der Waals surface area contributed by atoms with Crippen molar-refractivity contribution in [3.8, 4) is 0 Å². The third-order valence-corrected chi connectivity index (χ3v) is 4.65. The van der Waals surface area contributed by atoms with Gasteiger partial charge >= 0.3 is 66.4 Å². The molecule has 0 rings (SSSR count). The summed E-state index contributed by atoms with van der Waals surface area (Å²) in [6.07, 6.45) is 18.7. The van der Waals surface area contributed by atoms with Crippen molar-refractivity contribution in [2.24, 2.45) is 0 Å². The monoisotopic (exact) mass is 414 g/mol. The van der Waals surface area contributed by atoms with Crippen LogP contribution < -0.4 is 29.6 Å². The molecule has 0 aliphatic carbocycles. The molecule has 0 spiro atoms. The zero-order valence-electron chi connectivity index (χ0n) is 20.1. The van der Waals surface area contributed by atoms with Gasteiger partial charge in [0.05, 0.1) is 0 Å². The van der Waals surface area contributed by atoms with Crippen LogP contribution in [0.25, 0.3) is 0 Å². The number of phosphoric ester groups is 1. The van der Waals surface area contributed by atoms with E-state index in [1.54, 1.807) is 0 Å². The maximum Gasteiger partial charge on any atom is 2.00 e. The van der Waals surface area contributed by atoms with Crippen molar-refractivity contribution in [3.05, 3.63) is 0 Å². The fourth-order valence-corrected chi connectivity index (χ4v) is 3.18. The van der Waals surface area contributed by atoms with Crippen LogP contribution in [0.1, 0.15) is 114 Å². The summed E-state index contributed by atoms with van der Waals surface area (Å²) in [5, 5.41) is 0. The largest absolute Gasteiger partial charge is 2.00 e. The molecule has 0 unspecified atom stereocenters. The van der Waals surface area contributed by atoms with E-state index in [4.69, 9.17) is 9.79 Å². The maximum absolute atomic E-state index is 11.1. The molecule has 0 aliphatic heterocycles. The second kappa shape index (κ2) is 22.7. The molecular formula is C18H40MgNaO5P. The number of phosphoric acid groups is 1. The molecule has 26 heavy (non-hydrogen) atoms. The number of carbonyl (C=O) groups excluding carboxylic acids is 1. The zero-order valence-corrected chi connectivity index (χ0v) is 21.4. The molecule has 8 heteroatoms. The summed E-state index contributed by atoms with van der Waals surface area (Å²) in [5.74, 6) is -0.807. The van der Waals surface area contributed by atoms with E-state index >= 15 is 0 Å². The van der Waals surface area contributed by atoms with Gasteiger partial charge in [-0.2, -0.15) is 0 Å². The standard InChI is InChI=1S/C18H37O5P.Mg.Na.3H/c1-2-3-4-5-6-7-8-9-10-11-12-13-14-15-16-17-18(19)23-24(20,21)22;;;;;/h2-17H2,1H3,(H2,20,21,22);;;;;/q;+2;+1;3*-1. The summed E-state index contributed by atoms with van der Waals surface area (Å²) < 4.78 is 14.4. The molecule has 0 aromatic heterocycles. The molecule has 0 saturated heterocycles. The van der Waals surface area contributed by atoms with Gasteiger partial charge in [-0.15, -0.1) is 0 Å². The van der Waals surface area contributed by atoms with Crippen LogP contribution in [0.15, 0.2) is 0 Å². The van der Waals surface area contributed by atoms with Crippen LogP contribution in [-0.2, 0) is 13.9 Å². The Morgan fingerprint density at radius 3 is 1.38 bits per heavy atom. The third kappa shape index (κ3) is 27.6. The summed E-state index contributed by atoms with van der Waals surface area (Å²) in [5.41, 5.74) is 0. The van der Waals surface area contributed by atoms with Crippen LogP contribution in [0.4, 0.5) is 0 Å². The number of hydrogen-bond donors (Lipinski definition) is 2. The molecule has 0 saturated carbocycles. The first-order valence-corrected chi connectivity index (χ1v) is 11.3. The molecular weight excluding hydrogens is 374 g/mol. The second-order valence-electron chi connectivity index (χ2n) is 6.65. The first-order chi connectivity index (χ1) is 11.5. The molecule has 0 atom stereocenters. The summed E-state index contributed by atoms with van der Waals surface area (Å²) in [7, 11) is -4.66. The van der Waals surface area contributed by atoms with Crippen molar-refractivity contribution in [3.63, 3.8) is 0 Å². The van der Waals surface area contributed by atoms with Crippen molar-refractivity contribution in [1.82, 2.24) is 0 Å². The molecule has 2 N–H and O–H groups in total. The normalized spacial score (nSPS) is 10.7. The molecule has 0 aromatic rings. The fraction of sp³-hybridized carbons (Fsp3) is 0.944. The van der Waals surface area contributed by atoms with Crippen LogP contribution in [-0.4, -0.2) is 38.8 Å². The Kier molecular flexibility index (Phi) is 28.0. The second-order valence-corrected chi connectivity index (χ2v) is 7.82. The summed E-state index contributed by atoms with van der Waals surface area (Å²) in [6.45, 7) is 2.25. The Balaban J connectivity index is -0.000000264. The minimum Gasteiger partial charge on any atom is -1.00 e. The molecule has 0 aliphatic rings. The van der Waals surface area contributed by atoms with Crippen LogP contribution in [0.2, 0.25) is 0 Å². The molecule has 5 nitrogen and oxygen atoms in total. The molecule has 0 aromatic carbocycles. The van der Waals surface area contributed by atoms with Crippen molar-refractivity contribution in [1.29, 1.82) is 0 Å². The summed E-state index contributed by atoms with van der Waals surface area (Å²) in [4.78, 5) is 28.0. The maximum atomic E-state index is 11.1. The summed E-state index contributed by atoms with van der Waals surface area (Å²) >= 11 is 0. The summed E-state index contributed by atoms with van der Waals surface area (Å²) in [6, 6.07) is 0. The van der Waals surface area contributed by atoms with Gasteiger partial charge in [0.2, 0.25) is 0 Å². The topological polar surface area (TPSA) is 83.8 Å². The minimum atomic E-state index is -4.66. The van der Waals surface area contributed by atoms with E-state index in [2.05, 4.69) is 11.4 Å². The number of carbonyl (C=O) groups is 1. The predicted octanol–water partition coefficient (Wildman–Crippen LogP) is 2.84. The number of unbranched alkanes of at least 4 members (excludes halogenated alkanes) is 14. The molecule has 0 fully saturated rings. The number of hydrogen-bond acceptors (Lipinski definition) is 3. The Hall–Kier alpha value is 1.39. The molecule has 0 bridgehead atoms. The van der Waals surface area contributed by atoms with Gasteiger partial charge in [-0.3, -0.25) is 14.6 Å². The van der Waals surface area contributed by atoms with Crippen LogP contribution in [0.3, 0.4) is 0 Å². The molecule has 150 valence electrons.